The average molecular weight is 271 g/mol. The van der Waals surface area contributed by atoms with Crippen molar-refractivity contribution in [1.29, 1.82) is 0 Å². The highest BCUT2D eigenvalue weighted by atomic mass is 16.4. The number of nitrogens with zero attached hydrogens (tertiary/aromatic N) is 1. The first-order valence-electron chi connectivity index (χ1n) is 7.08. The second-order valence-electron chi connectivity index (χ2n) is 4.98. The molecule has 1 saturated heterocycles. The number of aliphatic carboxylic acids is 1. The highest BCUT2D eigenvalue weighted by Gasteiger charge is 2.20. The molecule has 6 heteroatoms. The molecule has 1 aliphatic heterocycles. The van der Waals surface area contributed by atoms with Crippen molar-refractivity contribution < 1.29 is 14.7 Å². The highest BCUT2D eigenvalue weighted by molar-refractivity contribution is 5.84. The van der Waals surface area contributed by atoms with Gasteiger partial charge in [0.1, 0.15) is 6.04 Å². The van der Waals surface area contributed by atoms with Crippen molar-refractivity contribution in [3.8, 4) is 0 Å². The van der Waals surface area contributed by atoms with Gasteiger partial charge in [-0.3, -0.25) is 9.69 Å². The van der Waals surface area contributed by atoms with Crippen molar-refractivity contribution in [2.45, 2.75) is 38.6 Å². The molecule has 0 bridgehead atoms. The Morgan fingerprint density at radius 1 is 1.37 bits per heavy atom. The molecule has 0 aromatic carbocycles. The lowest BCUT2D eigenvalue weighted by Crippen LogP contribution is -2.46. The fourth-order valence-electron chi connectivity index (χ4n) is 2.17. The van der Waals surface area contributed by atoms with Crippen molar-refractivity contribution in [1.82, 2.24) is 15.5 Å². The first kappa shape index (κ1) is 15.9. The van der Waals surface area contributed by atoms with Crippen LogP contribution in [0.25, 0.3) is 0 Å². The Bertz CT molecular complexity index is 289. The summed E-state index contributed by atoms with van der Waals surface area (Å²) in [6.45, 7) is 5.87. The van der Waals surface area contributed by atoms with E-state index in [1.807, 2.05) is 6.92 Å². The summed E-state index contributed by atoms with van der Waals surface area (Å²) in [5.74, 6) is -1.13. The van der Waals surface area contributed by atoms with Crippen LogP contribution in [0.2, 0.25) is 0 Å². The lowest BCUT2D eigenvalue weighted by atomic mass is 10.1. The Balaban J connectivity index is 2.36. The highest BCUT2D eigenvalue weighted by Crippen LogP contribution is 2.01. The molecule has 1 amide bonds. The molecule has 0 spiro atoms. The maximum absolute atomic E-state index is 11.9. The fourth-order valence-corrected chi connectivity index (χ4v) is 2.17. The first-order chi connectivity index (χ1) is 9.13. The molecule has 3 N–H and O–H groups in total. The van der Waals surface area contributed by atoms with E-state index < -0.39 is 12.0 Å². The summed E-state index contributed by atoms with van der Waals surface area (Å²) in [7, 11) is 0. The summed E-state index contributed by atoms with van der Waals surface area (Å²) in [4.78, 5) is 25.0. The van der Waals surface area contributed by atoms with Gasteiger partial charge in [0.25, 0.3) is 0 Å². The summed E-state index contributed by atoms with van der Waals surface area (Å²) < 4.78 is 0. The molecular formula is C13H25N3O3. The topological polar surface area (TPSA) is 81.7 Å². The number of hydrogen-bond donors (Lipinski definition) is 3. The Morgan fingerprint density at radius 3 is 2.84 bits per heavy atom. The van der Waals surface area contributed by atoms with Crippen LogP contribution in [-0.4, -0.2) is 60.6 Å². The molecule has 0 radical (unpaired) electrons. The Hall–Kier alpha value is -1.14. The lowest BCUT2D eigenvalue weighted by Gasteiger charge is -2.20. The molecule has 19 heavy (non-hydrogen) atoms. The number of carboxylic acids is 1. The molecular weight excluding hydrogens is 246 g/mol. The minimum absolute atomic E-state index is 0.189. The monoisotopic (exact) mass is 271 g/mol. The van der Waals surface area contributed by atoms with Crippen LogP contribution in [0, 0.1) is 0 Å². The van der Waals surface area contributed by atoms with E-state index in [-0.39, 0.29) is 12.5 Å². The molecule has 110 valence electrons. The van der Waals surface area contributed by atoms with Gasteiger partial charge in [0.2, 0.25) is 5.91 Å². The van der Waals surface area contributed by atoms with Crippen molar-refractivity contribution >= 4 is 11.9 Å². The smallest absolute Gasteiger partial charge is 0.326 e. The van der Waals surface area contributed by atoms with Crippen LogP contribution >= 0.6 is 0 Å². The third-order valence-corrected chi connectivity index (χ3v) is 3.28. The van der Waals surface area contributed by atoms with E-state index >= 15 is 0 Å². The minimum Gasteiger partial charge on any atom is -0.480 e. The van der Waals surface area contributed by atoms with Gasteiger partial charge >= 0.3 is 5.97 Å². The van der Waals surface area contributed by atoms with Crippen LogP contribution in [-0.2, 0) is 9.59 Å². The van der Waals surface area contributed by atoms with Crippen LogP contribution in [0.1, 0.15) is 32.6 Å². The Morgan fingerprint density at radius 2 is 2.16 bits per heavy atom. The van der Waals surface area contributed by atoms with Crippen molar-refractivity contribution in [2.24, 2.45) is 0 Å². The number of hydrogen-bond acceptors (Lipinski definition) is 4. The molecule has 0 aromatic rings. The summed E-state index contributed by atoms with van der Waals surface area (Å²) >= 11 is 0. The van der Waals surface area contributed by atoms with Gasteiger partial charge in [-0.2, -0.15) is 0 Å². The normalized spacial score (nSPS) is 18.6. The van der Waals surface area contributed by atoms with Crippen LogP contribution in [0.3, 0.4) is 0 Å². The summed E-state index contributed by atoms with van der Waals surface area (Å²) in [6.07, 6.45) is 3.26. The zero-order valence-corrected chi connectivity index (χ0v) is 11.7. The number of amides is 1. The number of carboxylic acid groups (broad SMARTS) is 1. The first-order valence-corrected chi connectivity index (χ1v) is 7.08. The maximum atomic E-state index is 11.9. The molecule has 0 aromatic heterocycles. The molecule has 0 saturated carbocycles. The van der Waals surface area contributed by atoms with Gasteiger partial charge in [-0.15, -0.1) is 0 Å². The molecule has 0 unspecified atom stereocenters. The quantitative estimate of drug-likeness (QED) is 0.609. The molecule has 1 atom stereocenters. The average Bonchev–Trinajstić information content (AvgIpc) is 2.62. The van der Waals surface area contributed by atoms with Gasteiger partial charge in [-0.1, -0.05) is 19.8 Å². The van der Waals surface area contributed by atoms with E-state index in [1.165, 1.54) is 0 Å². The molecule has 6 nitrogen and oxygen atoms in total. The zero-order valence-electron chi connectivity index (χ0n) is 11.7. The summed E-state index contributed by atoms with van der Waals surface area (Å²) in [5, 5.41) is 14.9. The molecule has 1 fully saturated rings. The van der Waals surface area contributed by atoms with Crippen LogP contribution in [0.5, 0.6) is 0 Å². The predicted molar refractivity (Wildman–Crippen MR) is 73.0 cm³/mol. The van der Waals surface area contributed by atoms with Crippen LogP contribution in [0.4, 0.5) is 0 Å². The van der Waals surface area contributed by atoms with E-state index in [4.69, 9.17) is 5.11 Å². The predicted octanol–water partition coefficient (Wildman–Crippen LogP) is 0.0413. The maximum Gasteiger partial charge on any atom is 0.326 e. The zero-order chi connectivity index (χ0) is 14.1. The second kappa shape index (κ2) is 8.87. The fraction of sp³-hybridized carbons (Fsp3) is 0.846. The van der Waals surface area contributed by atoms with E-state index in [0.29, 0.717) is 6.42 Å². The lowest BCUT2D eigenvalue weighted by molar-refractivity contribution is -0.142. The van der Waals surface area contributed by atoms with E-state index in [1.54, 1.807) is 0 Å². The number of carbonyl (C=O) groups is 2. The molecule has 1 aliphatic rings. The molecule has 1 rings (SSSR count). The van der Waals surface area contributed by atoms with E-state index in [2.05, 4.69) is 15.5 Å². The van der Waals surface area contributed by atoms with Gasteiger partial charge < -0.3 is 15.7 Å². The Labute approximate surface area is 114 Å². The summed E-state index contributed by atoms with van der Waals surface area (Å²) in [6, 6.07) is -0.752. The number of rotatable bonds is 7. The molecule has 1 heterocycles. The van der Waals surface area contributed by atoms with Gasteiger partial charge in [0.15, 0.2) is 0 Å². The van der Waals surface area contributed by atoms with Crippen molar-refractivity contribution in [2.75, 3.05) is 32.7 Å². The van der Waals surface area contributed by atoms with Crippen LogP contribution < -0.4 is 10.6 Å². The van der Waals surface area contributed by atoms with Gasteiger partial charge in [0.05, 0.1) is 6.54 Å². The molecule has 0 aliphatic carbocycles. The van der Waals surface area contributed by atoms with E-state index in [9.17, 15) is 9.59 Å². The number of carbonyl (C=O) groups excluding carboxylic acids is 1. The second-order valence-corrected chi connectivity index (χ2v) is 4.98. The summed E-state index contributed by atoms with van der Waals surface area (Å²) in [5.41, 5.74) is 0. The third-order valence-electron chi connectivity index (χ3n) is 3.28. The van der Waals surface area contributed by atoms with Gasteiger partial charge in [0, 0.05) is 13.1 Å². The standard InChI is InChI=1S/C13H25N3O3/c1-2-3-5-11(13(18)19)15-12(17)10-16-8-4-6-14-7-9-16/h11,14H,2-10H2,1H3,(H,15,17)(H,18,19)/t11-/m0/s1. The van der Waals surface area contributed by atoms with E-state index in [0.717, 1.165) is 45.4 Å². The van der Waals surface area contributed by atoms with Crippen molar-refractivity contribution in [3.63, 3.8) is 0 Å². The largest absolute Gasteiger partial charge is 0.480 e. The number of nitrogens with one attached hydrogen (secondary N) is 2. The van der Waals surface area contributed by atoms with Crippen LogP contribution in [0.15, 0.2) is 0 Å². The SMILES string of the molecule is CCCC[C@H](NC(=O)CN1CCCNCC1)C(=O)O. The van der Waals surface area contributed by atoms with Gasteiger partial charge in [-0.25, -0.2) is 4.79 Å². The Kier molecular flexibility index (Phi) is 7.43. The van der Waals surface area contributed by atoms with Gasteiger partial charge in [-0.05, 0) is 25.9 Å². The number of unbranched alkanes of at least 4 members (excludes halogenated alkanes) is 1. The third kappa shape index (κ3) is 6.54. The van der Waals surface area contributed by atoms with Crippen molar-refractivity contribution in [3.05, 3.63) is 0 Å². The minimum atomic E-state index is -0.945.